The van der Waals surface area contributed by atoms with E-state index in [-0.39, 0.29) is 0 Å². The molecule has 0 spiro atoms. The van der Waals surface area contributed by atoms with E-state index < -0.39 is 14.2 Å². The molecule has 3 nitrogen and oxygen atoms in total. The van der Waals surface area contributed by atoms with Crippen molar-refractivity contribution in [1.29, 1.82) is 0 Å². The number of rotatable bonds is 2. The molecule has 0 aromatic rings. The van der Waals surface area contributed by atoms with Crippen LogP contribution in [0.2, 0.25) is 5.71 Å². The third-order valence-corrected chi connectivity index (χ3v) is 5.02. The molecule has 0 aromatic heterocycles. The van der Waals surface area contributed by atoms with Crippen molar-refractivity contribution in [3.63, 3.8) is 0 Å². The van der Waals surface area contributed by atoms with Gasteiger partial charge in [-0.3, -0.25) is 0 Å². The summed E-state index contributed by atoms with van der Waals surface area (Å²) >= 11 is 2.44. The van der Waals surface area contributed by atoms with Crippen molar-refractivity contribution in [2.45, 2.75) is 5.71 Å². The zero-order valence-corrected chi connectivity index (χ0v) is 7.46. The van der Waals surface area contributed by atoms with Gasteiger partial charge in [0.15, 0.2) is 0 Å². The Morgan fingerprint density at radius 1 is 1.43 bits per heavy atom. The molecule has 0 saturated carbocycles. The Hall–Kier alpha value is 1.32. The van der Waals surface area contributed by atoms with Crippen molar-refractivity contribution in [3.8, 4) is 0 Å². The Morgan fingerprint density at radius 3 is 1.71 bits per heavy atom. The van der Waals surface area contributed by atoms with Gasteiger partial charge in [0.2, 0.25) is 0 Å². The predicted octanol–water partition coefficient (Wildman–Crippen LogP) is -0.0576. The maximum absolute atomic E-state index is 10.4. The molecule has 0 aliphatic carbocycles. The molecule has 0 N–H and O–H groups in total. The van der Waals surface area contributed by atoms with Crippen molar-refractivity contribution >= 4 is 14.2 Å². The fourth-order valence-corrected chi connectivity index (χ4v) is 0.823. The van der Waals surface area contributed by atoms with Crippen LogP contribution in [0.5, 0.6) is 0 Å². The van der Waals surface area contributed by atoms with Gasteiger partial charge < -0.3 is 0 Å². The normalized spacial score (nSPS) is 11.9. The van der Waals surface area contributed by atoms with Gasteiger partial charge in [-0.05, 0) is 0 Å². The van der Waals surface area contributed by atoms with Crippen molar-refractivity contribution in [3.05, 3.63) is 0 Å². The molecule has 0 amide bonds. The van der Waals surface area contributed by atoms with Crippen molar-refractivity contribution < 1.29 is 42.0 Å². The van der Waals surface area contributed by atoms with Crippen LogP contribution in [0.3, 0.4) is 0 Å². The second-order valence-corrected chi connectivity index (χ2v) is 6.77. The summed E-state index contributed by atoms with van der Waals surface area (Å²) in [6, 6.07) is 0. The quantitative estimate of drug-likeness (QED) is 0.644. The van der Waals surface area contributed by atoms with Crippen LogP contribution in [0.1, 0.15) is 0 Å². The Balaban J connectivity index is 3.61. The summed E-state index contributed by atoms with van der Waals surface area (Å²) in [6.45, 7) is 0. The van der Waals surface area contributed by atoms with E-state index in [1.165, 1.54) is 5.71 Å². The molecular weight excluding hydrogens is 247 g/mol. The first kappa shape index (κ1) is 8.32. The molecule has 0 unspecified atom stereocenters. The monoisotopic (exact) mass is 250 g/mol. The zero-order valence-electron chi connectivity index (χ0n) is 3.38. The summed E-state index contributed by atoms with van der Waals surface area (Å²) in [4.78, 5) is 0. The molecule has 0 rings (SSSR count). The fourth-order valence-electron chi connectivity index (χ4n) is 0.00932. The van der Waals surface area contributed by atoms with Gasteiger partial charge >= 0.3 is 61.9 Å². The fraction of sp³-hybridized carbons (Fsp3) is 1.00. The molecule has 0 saturated heterocycles. The van der Waals surface area contributed by atoms with Crippen LogP contribution in [0.4, 0.5) is 0 Å². The minimum atomic E-state index is -3.42. The van der Waals surface area contributed by atoms with Crippen LogP contribution >= 0.6 is 0 Å². The molecule has 0 bridgehead atoms. The van der Waals surface area contributed by atoms with E-state index in [4.69, 9.17) is 0 Å². The molecule has 46 valence electrons. The van der Waals surface area contributed by atoms with E-state index in [2.05, 4.69) is 38.3 Å². The molecule has 0 aliphatic rings. The van der Waals surface area contributed by atoms with Gasteiger partial charge in [0.1, 0.15) is 0 Å². The van der Waals surface area contributed by atoms with Crippen molar-refractivity contribution in [2.75, 3.05) is 0 Å². The van der Waals surface area contributed by atoms with Gasteiger partial charge in [-0.2, -0.15) is 0 Å². The summed E-state index contributed by atoms with van der Waals surface area (Å²) in [7, 11) is 0. The molecule has 7 heavy (non-hydrogen) atoms. The number of hydrogen-bond acceptors (Lipinski definition) is 3. The predicted molar refractivity (Wildman–Crippen MR) is 14.5 cm³/mol. The second-order valence-electron chi connectivity index (χ2n) is 0.900. The van der Waals surface area contributed by atoms with Crippen LogP contribution < -0.4 is 0 Å². The van der Waals surface area contributed by atoms with Crippen molar-refractivity contribution in [1.82, 2.24) is 0 Å². The van der Waals surface area contributed by atoms with E-state index in [0.717, 1.165) is 0 Å². The van der Waals surface area contributed by atoms with Gasteiger partial charge in [0, 0.05) is 0 Å². The van der Waals surface area contributed by atoms with E-state index in [9.17, 15) is 3.74 Å². The third-order valence-electron chi connectivity index (χ3n) is 0.235. The van der Waals surface area contributed by atoms with Gasteiger partial charge in [0.05, 0.1) is 0 Å². The SMILES string of the molecule is C[As](=O)([O][Fe])[O][Fe]. The average Bonchev–Trinajstić information content (AvgIpc) is 1.68. The summed E-state index contributed by atoms with van der Waals surface area (Å²) in [5, 5.41) is 0. The molecule has 0 radical (unpaired) electrons. The molecule has 0 aromatic carbocycles. The van der Waals surface area contributed by atoms with Crippen LogP contribution in [-0.2, 0) is 42.0 Å². The first-order chi connectivity index (χ1) is 3.12. The van der Waals surface area contributed by atoms with Crippen LogP contribution in [0, 0.1) is 0 Å². The van der Waals surface area contributed by atoms with E-state index in [1.54, 1.807) is 0 Å². The Bertz CT molecular complexity index is 84.9. The molecular formula is CH3AsFe2O3. The topological polar surface area (TPSA) is 35.5 Å². The van der Waals surface area contributed by atoms with Gasteiger partial charge in [0.25, 0.3) is 0 Å². The van der Waals surface area contributed by atoms with Crippen molar-refractivity contribution in [2.24, 2.45) is 0 Å². The van der Waals surface area contributed by atoms with Gasteiger partial charge in [-0.1, -0.05) is 0 Å². The molecule has 0 aliphatic heterocycles. The first-order valence-corrected chi connectivity index (χ1v) is 6.36. The summed E-state index contributed by atoms with van der Waals surface area (Å²) in [5.41, 5.74) is 1.35. The molecule has 0 fully saturated rings. The van der Waals surface area contributed by atoms with Gasteiger partial charge in [-0.25, -0.2) is 0 Å². The van der Waals surface area contributed by atoms with Crippen LogP contribution in [-0.4, -0.2) is 14.2 Å². The molecule has 0 heterocycles. The van der Waals surface area contributed by atoms with Crippen LogP contribution in [0.15, 0.2) is 0 Å². The Kier molecular flexibility index (Phi) is 4.00. The average molecular weight is 250 g/mol. The first-order valence-electron chi connectivity index (χ1n) is 1.28. The standard InChI is InChI=1S/CH5AsO3.2Fe/c1-2(3,4)5;;/h1H3,(H2,3,4,5);;/q;2*+1/p-2. The maximum atomic E-state index is 10.4. The van der Waals surface area contributed by atoms with Gasteiger partial charge in [-0.15, -0.1) is 0 Å². The molecule has 0 atom stereocenters. The Labute approximate surface area is 61.8 Å². The summed E-state index contributed by atoms with van der Waals surface area (Å²) < 4.78 is 18.8. The second kappa shape index (κ2) is 3.36. The summed E-state index contributed by atoms with van der Waals surface area (Å²) in [6.07, 6.45) is 0. The number of hydrogen-bond donors (Lipinski definition) is 0. The molecule has 6 heteroatoms. The van der Waals surface area contributed by atoms with E-state index in [0.29, 0.717) is 0 Å². The zero-order chi connectivity index (χ0) is 5.91. The van der Waals surface area contributed by atoms with E-state index in [1.807, 2.05) is 0 Å². The minimum absolute atomic E-state index is 1.35. The van der Waals surface area contributed by atoms with E-state index >= 15 is 0 Å². The Morgan fingerprint density at radius 2 is 1.71 bits per heavy atom. The summed E-state index contributed by atoms with van der Waals surface area (Å²) in [5.74, 6) is 0. The third kappa shape index (κ3) is 3.86. The van der Waals surface area contributed by atoms with Crippen LogP contribution in [0.25, 0.3) is 0 Å².